The lowest BCUT2D eigenvalue weighted by atomic mass is 9.89. The van der Waals surface area contributed by atoms with Gasteiger partial charge in [-0.15, -0.1) is 0 Å². The van der Waals surface area contributed by atoms with Crippen molar-refractivity contribution in [3.63, 3.8) is 0 Å². The van der Waals surface area contributed by atoms with E-state index in [1.54, 1.807) is 0 Å². The van der Waals surface area contributed by atoms with E-state index in [9.17, 15) is 17.8 Å². The molecular formula is C12H20F2O4S. The molecule has 1 rings (SSSR count). The van der Waals surface area contributed by atoms with Gasteiger partial charge in [-0.2, -0.15) is 8.78 Å². The number of rotatable bonds is 7. The van der Waals surface area contributed by atoms with Gasteiger partial charge in [0.05, 0.1) is 12.5 Å². The Morgan fingerprint density at radius 3 is 2.47 bits per heavy atom. The highest BCUT2D eigenvalue weighted by atomic mass is 32.2. The van der Waals surface area contributed by atoms with E-state index in [4.69, 9.17) is 9.29 Å². The van der Waals surface area contributed by atoms with Crippen LogP contribution >= 0.6 is 0 Å². The van der Waals surface area contributed by atoms with Gasteiger partial charge in [-0.25, -0.2) is 4.21 Å². The summed E-state index contributed by atoms with van der Waals surface area (Å²) in [5.41, 5.74) is 0. The van der Waals surface area contributed by atoms with Gasteiger partial charge in [-0.1, -0.05) is 19.3 Å². The van der Waals surface area contributed by atoms with Gasteiger partial charge in [0.2, 0.25) is 11.1 Å². The molecule has 0 amide bonds. The third-order valence-electron chi connectivity index (χ3n) is 3.30. The molecule has 0 aromatic heterocycles. The molecule has 1 atom stereocenters. The minimum absolute atomic E-state index is 0.0415. The van der Waals surface area contributed by atoms with Gasteiger partial charge in [0, 0.05) is 6.42 Å². The summed E-state index contributed by atoms with van der Waals surface area (Å²) < 4.78 is 49.2. The Labute approximate surface area is 114 Å². The van der Waals surface area contributed by atoms with Crippen molar-refractivity contribution in [2.75, 3.05) is 6.61 Å². The van der Waals surface area contributed by atoms with E-state index < -0.39 is 22.8 Å². The molecule has 0 saturated heterocycles. The van der Waals surface area contributed by atoms with Crippen molar-refractivity contribution >= 4 is 17.0 Å². The van der Waals surface area contributed by atoms with E-state index >= 15 is 0 Å². The molecule has 1 N–H and O–H groups in total. The van der Waals surface area contributed by atoms with E-state index in [2.05, 4.69) is 0 Å². The molecule has 19 heavy (non-hydrogen) atoms. The van der Waals surface area contributed by atoms with Gasteiger partial charge in [0.25, 0.3) is 0 Å². The Balaban J connectivity index is 2.10. The van der Waals surface area contributed by atoms with Crippen molar-refractivity contribution < 1.29 is 27.1 Å². The first-order chi connectivity index (χ1) is 8.93. The number of hydrogen-bond donors (Lipinski definition) is 1. The average Bonchev–Trinajstić information content (AvgIpc) is 2.38. The summed E-state index contributed by atoms with van der Waals surface area (Å²) >= 11 is -3.14. The summed E-state index contributed by atoms with van der Waals surface area (Å²) in [5, 5.41) is -3.58. The van der Waals surface area contributed by atoms with Crippen molar-refractivity contribution in [2.45, 2.75) is 56.6 Å². The van der Waals surface area contributed by atoms with Crippen molar-refractivity contribution in [3.8, 4) is 0 Å². The quantitative estimate of drug-likeness (QED) is 0.445. The molecule has 0 bridgehead atoms. The van der Waals surface area contributed by atoms with Crippen LogP contribution < -0.4 is 0 Å². The van der Waals surface area contributed by atoms with Crippen molar-refractivity contribution in [1.29, 1.82) is 0 Å². The number of carbonyl (C=O) groups excluding carboxylic acids is 1. The Hall–Kier alpha value is -0.560. The first-order valence-corrected chi connectivity index (χ1v) is 7.69. The zero-order valence-corrected chi connectivity index (χ0v) is 11.6. The van der Waals surface area contributed by atoms with Crippen LogP contribution in [-0.4, -0.2) is 26.6 Å². The molecule has 0 aromatic carbocycles. The van der Waals surface area contributed by atoms with E-state index in [1.807, 2.05) is 0 Å². The second-order valence-electron chi connectivity index (χ2n) is 4.85. The number of alkyl halides is 2. The monoisotopic (exact) mass is 298 g/mol. The molecule has 1 aliphatic carbocycles. The minimum atomic E-state index is -3.58. The van der Waals surface area contributed by atoms with E-state index in [0.29, 0.717) is 0 Å². The van der Waals surface area contributed by atoms with Crippen LogP contribution in [0.5, 0.6) is 0 Å². The largest absolute Gasteiger partial charge is 0.465 e. The topological polar surface area (TPSA) is 63.6 Å². The maximum atomic E-state index is 12.8. The summed E-state index contributed by atoms with van der Waals surface area (Å²) in [7, 11) is 0. The summed E-state index contributed by atoms with van der Waals surface area (Å²) in [6.07, 6.45) is 4.58. The predicted molar refractivity (Wildman–Crippen MR) is 67.1 cm³/mol. The lowest BCUT2D eigenvalue weighted by Crippen LogP contribution is -2.23. The summed E-state index contributed by atoms with van der Waals surface area (Å²) in [4.78, 5) is 11.6. The van der Waals surface area contributed by atoms with Crippen LogP contribution in [0, 0.1) is 5.92 Å². The molecule has 1 unspecified atom stereocenters. The Morgan fingerprint density at radius 1 is 1.26 bits per heavy atom. The highest BCUT2D eigenvalue weighted by Gasteiger charge is 2.35. The molecule has 7 heteroatoms. The summed E-state index contributed by atoms with van der Waals surface area (Å²) in [6, 6.07) is 0. The van der Waals surface area contributed by atoms with Gasteiger partial charge < -0.3 is 9.29 Å². The molecule has 0 radical (unpaired) electrons. The maximum absolute atomic E-state index is 12.8. The summed E-state index contributed by atoms with van der Waals surface area (Å²) in [5.74, 6) is -0.280. The van der Waals surface area contributed by atoms with Crippen LogP contribution in [0.4, 0.5) is 8.78 Å². The predicted octanol–water partition coefficient (Wildman–Crippen LogP) is 3.09. The third kappa shape index (κ3) is 5.95. The number of esters is 1. The second-order valence-corrected chi connectivity index (χ2v) is 5.94. The normalized spacial score (nSPS) is 19.1. The highest BCUT2D eigenvalue weighted by Crippen LogP contribution is 2.26. The van der Waals surface area contributed by atoms with Gasteiger partial charge in [0.15, 0.2) is 0 Å². The van der Waals surface area contributed by atoms with Crippen molar-refractivity contribution in [1.82, 2.24) is 0 Å². The molecule has 0 aliphatic heterocycles. The number of hydrogen-bond acceptors (Lipinski definition) is 3. The maximum Gasteiger partial charge on any atom is 0.345 e. The number of ether oxygens (including phenoxy) is 1. The van der Waals surface area contributed by atoms with Crippen molar-refractivity contribution in [2.24, 2.45) is 5.92 Å². The SMILES string of the molecule is O=C(OCCCCC(F)(F)S(=O)O)C1CCCCC1. The van der Waals surface area contributed by atoms with E-state index in [1.165, 1.54) is 0 Å². The highest BCUT2D eigenvalue weighted by molar-refractivity contribution is 7.80. The van der Waals surface area contributed by atoms with Crippen molar-refractivity contribution in [3.05, 3.63) is 0 Å². The average molecular weight is 298 g/mol. The molecule has 1 aliphatic rings. The molecule has 1 fully saturated rings. The molecule has 1 saturated carbocycles. The summed E-state index contributed by atoms with van der Waals surface area (Å²) in [6.45, 7) is 0.101. The Morgan fingerprint density at radius 2 is 1.89 bits per heavy atom. The zero-order chi connectivity index (χ0) is 14.3. The third-order valence-corrected chi connectivity index (χ3v) is 4.02. The first-order valence-electron chi connectivity index (χ1n) is 6.59. The number of halogens is 2. The molecular weight excluding hydrogens is 278 g/mol. The fourth-order valence-electron chi connectivity index (χ4n) is 2.15. The van der Waals surface area contributed by atoms with Crippen LogP contribution in [0.25, 0.3) is 0 Å². The van der Waals surface area contributed by atoms with Crippen LogP contribution in [0.2, 0.25) is 0 Å². The molecule has 0 heterocycles. The lowest BCUT2D eigenvalue weighted by Gasteiger charge is -2.19. The first kappa shape index (κ1) is 16.5. The molecule has 4 nitrogen and oxygen atoms in total. The smallest absolute Gasteiger partial charge is 0.345 e. The number of carbonyl (C=O) groups is 1. The van der Waals surface area contributed by atoms with Crippen LogP contribution in [0.1, 0.15) is 51.4 Å². The molecule has 0 spiro atoms. The van der Waals surface area contributed by atoms with Gasteiger partial charge >= 0.3 is 11.2 Å². The minimum Gasteiger partial charge on any atom is -0.465 e. The molecule has 112 valence electrons. The van der Waals surface area contributed by atoms with E-state index in [-0.39, 0.29) is 31.3 Å². The van der Waals surface area contributed by atoms with Gasteiger partial charge in [-0.05, 0) is 25.7 Å². The second kappa shape index (κ2) is 7.89. The fourth-order valence-corrected chi connectivity index (χ4v) is 2.47. The van der Waals surface area contributed by atoms with Crippen LogP contribution in [0.15, 0.2) is 0 Å². The number of unbranched alkanes of at least 4 members (excludes halogenated alkanes) is 1. The standard InChI is InChI=1S/C12H20F2O4S/c13-12(14,19(16)17)8-4-5-9-18-11(15)10-6-2-1-3-7-10/h10H,1-9H2,(H,16,17). The van der Waals surface area contributed by atoms with E-state index in [0.717, 1.165) is 32.1 Å². The van der Waals surface area contributed by atoms with Gasteiger partial charge in [-0.3, -0.25) is 4.79 Å². The van der Waals surface area contributed by atoms with Crippen LogP contribution in [0.3, 0.4) is 0 Å². The lowest BCUT2D eigenvalue weighted by molar-refractivity contribution is -0.149. The fraction of sp³-hybridized carbons (Fsp3) is 0.917. The Bertz CT molecular complexity index is 317. The van der Waals surface area contributed by atoms with Crippen LogP contribution in [-0.2, 0) is 20.6 Å². The Kier molecular flexibility index (Phi) is 6.85. The zero-order valence-electron chi connectivity index (χ0n) is 10.8. The molecule has 0 aromatic rings. The van der Waals surface area contributed by atoms with Gasteiger partial charge in [0.1, 0.15) is 0 Å².